The number of carbonyl (C=O) groups excluding carboxylic acids is 1. The molecule has 0 spiro atoms. The SMILES string of the molecule is CC1CCCN1c1ccc(S(C)(=O)=O)cc1C(=O)N1CCN(c2ccccc2F)CC1. The molecule has 2 saturated heterocycles. The number of halogens is 1. The van der Waals surface area contributed by atoms with Crippen LogP contribution in [0.3, 0.4) is 0 Å². The van der Waals surface area contributed by atoms with Gasteiger partial charge in [0, 0.05) is 50.7 Å². The van der Waals surface area contributed by atoms with Crippen LogP contribution in [0.4, 0.5) is 15.8 Å². The van der Waals surface area contributed by atoms with Gasteiger partial charge in [0.05, 0.1) is 16.1 Å². The van der Waals surface area contributed by atoms with Crippen LogP contribution < -0.4 is 9.80 Å². The van der Waals surface area contributed by atoms with Gasteiger partial charge in [0.25, 0.3) is 5.91 Å². The third-order valence-corrected chi connectivity index (χ3v) is 7.36. The van der Waals surface area contributed by atoms with Crippen LogP contribution in [0.5, 0.6) is 0 Å². The third-order valence-electron chi connectivity index (χ3n) is 6.25. The molecular weight excluding hydrogens is 417 g/mol. The number of hydrogen-bond acceptors (Lipinski definition) is 5. The Morgan fingerprint density at radius 2 is 1.71 bits per heavy atom. The number of amides is 1. The van der Waals surface area contributed by atoms with E-state index in [1.54, 1.807) is 35.2 Å². The van der Waals surface area contributed by atoms with Gasteiger partial charge in [0.2, 0.25) is 0 Å². The molecule has 31 heavy (non-hydrogen) atoms. The number of piperazine rings is 1. The monoisotopic (exact) mass is 445 g/mol. The van der Waals surface area contributed by atoms with Crippen molar-refractivity contribution >= 4 is 27.1 Å². The molecule has 2 aromatic carbocycles. The van der Waals surface area contributed by atoms with Crippen molar-refractivity contribution < 1.29 is 17.6 Å². The molecule has 0 N–H and O–H groups in total. The van der Waals surface area contributed by atoms with Crippen molar-refractivity contribution in [2.75, 3.05) is 48.8 Å². The molecular formula is C23H28FN3O3S. The lowest BCUT2D eigenvalue weighted by molar-refractivity contribution is 0.0747. The van der Waals surface area contributed by atoms with Gasteiger partial charge in [-0.1, -0.05) is 12.1 Å². The molecule has 2 aromatic rings. The van der Waals surface area contributed by atoms with Gasteiger partial charge in [0.15, 0.2) is 9.84 Å². The number of hydrogen-bond donors (Lipinski definition) is 0. The van der Waals surface area contributed by atoms with Crippen molar-refractivity contribution in [3.05, 3.63) is 53.8 Å². The van der Waals surface area contributed by atoms with Crippen LogP contribution >= 0.6 is 0 Å². The van der Waals surface area contributed by atoms with E-state index in [-0.39, 0.29) is 16.6 Å². The maximum absolute atomic E-state index is 14.1. The first-order valence-electron chi connectivity index (χ1n) is 10.6. The summed E-state index contributed by atoms with van der Waals surface area (Å²) in [6.07, 6.45) is 3.24. The highest BCUT2D eigenvalue weighted by Gasteiger charge is 2.30. The van der Waals surface area contributed by atoms with E-state index in [4.69, 9.17) is 0 Å². The van der Waals surface area contributed by atoms with Crippen molar-refractivity contribution in [2.24, 2.45) is 0 Å². The second-order valence-electron chi connectivity index (χ2n) is 8.37. The Bertz CT molecular complexity index is 1080. The zero-order valence-corrected chi connectivity index (χ0v) is 18.7. The minimum atomic E-state index is -3.43. The fourth-order valence-corrected chi connectivity index (χ4v) is 5.13. The zero-order valence-electron chi connectivity index (χ0n) is 17.9. The molecule has 2 aliphatic rings. The van der Waals surface area contributed by atoms with Gasteiger partial charge >= 0.3 is 0 Å². The van der Waals surface area contributed by atoms with Crippen molar-refractivity contribution in [1.82, 2.24) is 4.90 Å². The highest BCUT2D eigenvalue weighted by Crippen LogP contribution is 2.32. The van der Waals surface area contributed by atoms with E-state index in [0.717, 1.165) is 31.3 Å². The molecule has 0 aromatic heterocycles. The van der Waals surface area contributed by atoms with Crippen molar-refractivity contribution in [3.8, 4) is 0 Å². The summed E-state index contributed by atoms with van der Waals surface area (Å²) in [6, 6.07) is 11.8. The van der Waals surface area contributed by atoms with E-state index >= 15 is 0 Å². The normalized spacial score (nSPS) is 19.7. The average Bonchev–Trinajstić information content (AvgIpc) is 3.18. The van der Waals surface area contributed by atoms with Crippen molar-refractivity contribution in [1.29, 1.82) is 0 Å². The molecule has 166 valence electrons. The Hall–Kier alpha value is -2.61. The summed E-state index contributed by atoms with van der Waals surface area (Å²) in [5.41, 5.74) is 1.76. The predicted octanol–water partition coefficient (Wildman–Crippen LogP) is 3.18. The highest BCUT2D eigenvalue weighted by atomic mass is 32.2. The topological polar surface area (TPSA) is 60.9 Å². The average molecular weight is 446 g/mol. The first-order chi connectivity index (χ1) is 14.8. The fourth-order valence-electron chi connectivity index (χ4n) is 4.49. The van der Waals surface area contributed by atoms with E-state index in [1.807, 2.05) is 4.90 Å². The van der Waals surface area contributed by atoms with Crippen LogP contribution in [0.1, 0.15) is 30.1 Å². The standard InChI is InChI=1S/C23H28FN3O3S/c1-17-6-5-11-27(17)21-10-9-18(31(2,29)30)16-19(21)23(28)26-14-12-25(13-15-26)22-8-4-3-7-20(22)24/h3-4,7-10,16-17H,5-6,11-15H2,1-2H3. The molecule has 8 heteroatoms. The molecule has 1 amide bonds. The lowest BCUT2D eigenvalue weighted by atomic mass is 10.1. The largest absolute Gasteiger partial charge is 0.368 e. The van der Waals surface area contributed by atoms with Gasteiger partial charge < -0.3 is 14.7 Å². The van der Waals surface area contributed by atoms with E-state index in [1.165, 1.54) is 12.1 Å². The molecule has 0 bridgehead atoms. The van der Waals surface area contributed by atoms with E-state index in [2.05, 4.69) is 11.8 Å². The number of rotatable bonds is 4. The fraction of sp³-hybridized carbons (Fsp3) is 0.435. The van der Waals surface area contributed by atoms with Crippen LogP contribution in [0, 0.1) is 5.82 Å². The van der Waals surface area contributed by atoms with Crippen LogP contribution in [-0.2, 0) is 9.84 Å². The van der Waals surface area contributed by atoms with Crippen LogP contribution in [0.15, 0.2) is 47.4 Å². The molecule has 1 unspecified atom stereocenters. The van der Waals surface area contributed by atoms with E-state index in [0.29, 0.717) is 43.5 Å². The number of sulfone groups is 1. The molecule has 6 nitrogen and oxygen atoms in total. The maximum atomic E-state index is 14.1. The Labute approximate surface area is 183 Å². The first-order valence-corrected chi connectivity index (χ1v) is 12.5. The van der Waals surface area contributed by atoms with Crippen LogP contribution in [0.25, 0.3) is 0 Å². The summed E-state index contributed by atoms with van der Waals surface area (Å²) in [5, 5.41) is 0. The third kappa shape index (κ3) is 4.39. The lowest BCUT2D eigenvalue weighted by Gasteiger charge is -2.37. The number of benzene rings is 2. The summed E-state index contributed by atoms with van der Waals surface area (Å²) in [6.45, 7) is 4.91. The molecule has 2 heterocycles. The first kappa shape index (κ1) is 21.6. The molecule has 0 radical (unpaired) electrons. The minimum absolute atomic E-state index is 0.149. The molecule has 1 atom stereocenters. The molecule has 2 aliphatic heterocycles. The second-order valence-corrected chi connectivity index (χ2v) is 10.4. The highest BCUT2D eigenvalue weighted by molar-refractivity contribution is 7.90. The lowest BCUT2D eigenvalue weighted by Crippen LogP contribution is -2.49. The van der Waals surface area contributed by atoms with Crippen molar-refractivity contribution in [3.63, 3.8) is 0 Å². The number of anilines is 2. The number of nitrogens with zero attached hydrogens (tertiary/aromatic N) is 3. The Morgan fingerprint density at radius 3 is 2.32 bits per heavy atom. The van der Waals surface area contributed by atoms with Gasteiger partial charge in [-0.3, -0.25) is 4.79 Å². The van der Waals surface area contributed by atoms with Crippen LogP contribution in [0.2, 0.25) is 0 Å². The Kier molecular flexibility index (Phi) is 5.92. The summed E-state index contributed by atoms with van der Waals surface area (Å²) >= 11 is 0. The second kappa shape index (κ2) is 8.49. The smallest absolute Gasteiger partial charge is 0.256 e. The maximum Gasteiger partial charge on any atom is 0.256 e. The summed E-state index contributed by atoms with van der Waals surface area (Å²) in [7, 11) is -3.43. The summed E-state index contributed by atoms with van der Waals surface area (Å²) < 4.78 is 38.4. The molecule has 4 rings (SSSR count). The number of para-hydroxylation sites is 1. The molecule has 2 fully saturated rings. The minimum Gasteiger partial charge on any atom is -0.368 e. The zero-order chi connectivity index (χ0) is 22.2. The van der Waals surface area contributed by atoms with Gasteiger partial charge in [-0.2, -0.15) is 0 Å². The quantitative estimate of drug-likeness (QED) is 0.724. The van der Waals surface area contributed by atoms with E-state index in [9.17, 15) is 17.6 Å². The summed E-state index contributed by atoms with van der Waals surface area (Å²) in [5.74, 6) is -0.443. The van der Waals surface area contributed by atoms with Gasteiger partial charge in [0.1, 0.15) is 5.82 Å². The van der Waals surface area contributed by atoms with Gasteiger partial charge in [-0.25, -0.2) is 12.8 Å². The Morgan fingerprint density at radius 1 is 1.00 bits per heavy atom. The van der Waals surface area contributed by atoms with Crippen LogP contribution in [-0.4, -0.2) is 64.2 Å². The van der Waals surface area contributed by atoms with Gasteiger partial charge in [-0.05, 0) is 50.1 Å². The van der Waals surface area contributed by atoms with Crippen molar-refractivity contribution in [2.45, 2.75) is 30.7 Å². The van der Waals surface area contributed by atoms with Gasteiger partial charge in [-0.15, -0.1) is 0 Å². The predicted molar refractivity (Wildman–Crippen MR) is 120 cm³/mol. The number of carbonyl (C=O) groups is 1. The molecule has 0 aliphatic carbocycles. The van der Waals surface area contributed by atoms with E-state index < -0.39 is 9.84 Å². The summed E-state index contributed by atoms with van der Waals surface area (Å²) in [4.78, 5) is 19.5. The Balaban J connectivity index is 1.59. The molecule has 0 saturated carbocycles.